The van der Waals surface area contributed by atoms with Crippen LogP contribution in [-0.4, -0.2) is 26.1 Å². The molecule has 5 aromatic rings. The molecule has 7 heteroatoms. The molecule has 2 aromatic heterocycles. The lowest BCUT2D eigenvalue weighted by atomic mass is 10.1. The Balaban J connectivity index is 1.48. The minimum Gasteiger partial charge on any atom is -0.342 e. The number of fused-ring (bicyclic) bond motifs is 2. The number of hydrogen-bond acceptors (Lipinski definition) is 4. The van der Waals surface area contributed by atoms with Crippen LogP contribution in [0.15, 0.2) is 83.7 Å². The number of aromatic amines is 2. The van der Waals surface area contributed by atoms with Gasteiger partial charge in [-0.15, -0.1) is 0 Å². The largest absolute Gasteiger partial charge is 0.342 e. The summed E-state index contributed by atoms with van der Waals surface area (Å²) in [7, 11) is 0. The first-order valence-electron chi connectivity index (χ1n) is 9.94. The first kappa shape index (κ1) is 18.7. The zero-order chi connectivity index (χ0) is 21.2. The van der Waals surface area contributed by atoms with E-state index in [9.17, 15) is 9.59 Å². The topological polar surface area (TPSA) is 104 Å². The normalized spacial score (nSPS) is 12.1. The second-order valence-corrected chi connectivity index (χ2v) is 7.27. The van der Waals surface area contributed by atoms with Gasteiger partial charge in [0.05, 0.1) is 28.5 Å². The average molecular weight is 409 g/mol. The molecule has 152 valence electrons. The Morgan fingerprint density at radius 2 is 1.61 bits per heavy atom. The first-order valence-corrected chi connectivity index (χ1v) is 9.94. The van der Waals surface area contributed by atoms with Crippen LogP contribution in [0.2, 0.25) is 0 Å². The van der Waals surface area contributed by atoms with E-state index in [1.54, 1.807) is 18.2 Å². The Morgan fingerprint density at radius 3 is 2.42 bits per heavy atom. The zero-order valence-corrected chi connectivity index (χ0v) is 16.5. The third-order valence-corrected chi connectivity index (χ3v) is 5.22. The Bertz CT molecular complexity index is 1410. The van der Waals surface area contributed by atoms with Crippen LogP contribution in [0, 0.1) is 0 Å². The van der Waals surface area contributed by atoms with E-state index in [0.29, 0.717) is 22.3 Å². The summed E-state index contributed by atoms with van der Waals surface area (Å²) in [5.74, 6) is 0.430. The van der Waals surface area contributed by atoms with E-state index >= 15 is 0 Å². The van der Waals surface area contributed by atoms with E-state index in [-0.39, 0.29) is 17.9 Å². The number of carbonyl (C=O) groups excluding carboxylic acids is 1. The summed E-state index contributed by atoms with van der Waals surface area (Å²) < 4.78 is 0. The molecule has 0 aliphatic rings. The second kappa shape index (κ2) is 7.87. The molecule has 2 heterocycles. The quantitative estimate of drug-likeness (QED) is 0.414. The lowest BCUT2D eigenvalue weighted by molar-refractivity contribution is -0.121. The van der Waals surface area contributed by atoms with Crippen molar-refractivity contribution in [2.24, 2.45) is 0 Å². The number of rotatable bonds is 5. The summed E-state index contributed by atoms with van der Waals surface area (Å²) in [5.41, 5.74) is 2.89. The second-order valence-electron chi connectivity index (χ2n) is 7.27. The molecule has 1 atom stereocenters. The lowest BCUT2D eigenvalue weighted by Crippen LogP contribution is -2.32. The first-order chi connectivity index (χ1) is 15.2. The molecule has 7 nitrogen and oxygen atoms in total. The van der Waals surface area contributed by atoms with E-state index in [0.717, 1.165) is 16.6 Å². The molecule has 0 bridgehead atoms. The molecule has 31 heavy (non-hydrogen) atoms. The zero-order valence-electron chi connectivity index (χ0n) is 16.5. The summed E-state index contributed by atoms with van der Waals surface area (Å²) in [4.78, 5) is 33.0. The summed E-state index contributed by atoms with van der Waals surface area (Å²) in [6.07, 6.45) is 0.0286. The minimum atomic E-state index is -0.449. The molecule has 3 N–H and O–H groups in total. The molecule has 0 saturated carbocycles. The van der Waals surface area contributed by atoms with Gasteiger partial charge in [0.25, 0.3) is 5.56 Å². The van der Waals surface area contributed by atoms with Gasteiger partial charge in [0.1, 0.15) is 11.9 Å². The molecule has 0 saturated heterocycles. The van der Waals surface area contributed by atoms with E-state index in [1.165, 1.54) is 0 Å². The average Bonchev–Trinajstić information content (AvgIpc) is 3.24. The smallest absolute Gasteiger partial charge is 0.272 e. The number of para-hydroxylation sites is 2. The van der Waals surface area contributed by atoms with E-state index in [2.05, 4.69) is 25.5 Å². The number of nitrogens with one attached hydrogen (secondary N) is 3. The van der Waals surface area contributed by atoms with Gasteiger partial charge >= 0.3 is 0 Å². The highest BCUT2D eigenvalue weighted by Gasteiger charge is 2.21. The van der Waals surface area contributed by atoms with Gasteiger partial charge in [-0.05, 0) is 23.8 Å². The van der Waals surface area contributed by atoms with Gasteiger partial charge < -0.3 is 10.3 Å². The number of nitrogens with zero attached hydrogens (tertiary/aromatic N) is 2. The molecular weight excluding hydrogens is 390 g/mol. The summed E-state index contributed by atoms with van der Waals surface area (Å²) in [6, 6.07) is 24.1. The van der Waals surface area contributed by atoms with Crippen molar-refractivity contribution in [3.63, 3.8) is 0 Å². The van der Waals surface area contributed by atoms with E-state index in [4.69, 9.17) is 0 Å². The van der Waals surface area contributed by atoms with Gasteiger partial charge in [-0.2, -0.15) is 5.10 Å². The number of carbonyl (C=O) groups is 1. The maximum atomic E-state index is 13.0. The molecule has 0 aliphatic heterocycles. The Kier molecular flexibility index (Phi) is 4.76. The maximum absolute atomic E-state index is 13.0. The van der Waals surface area contributed by atoms with Gasteiger partial charge in [-0.3, -0.25) is 9.59 Å². The molecule has 1 amide bonds. The Labute approximate surface area is 177 Å². The number of H-pyrrole nitrogens is 2. The number of hydrogen-bond donors (Lipinski definition) is 3. The number of imidazole rings is 1. The summed E-state index contributed by atoms with van der Waals surface area (Å²) >= 11 is 0. The van der Waals surface area contributed by atoms with Crippen molar-refractivity contribution in [1.29, 1.82) is 0 Å². The molecule has 0 spiro atoms. The van der Waals surface area contributed by atoms with Crippen molar-refractivity contribution in [3.05, 3.63) is 106 Å². The SMILES string of the molecule is O=C(Cc1n[nH]c(=O)c2ccccc12)N[C@@H](c1ccccc1)c1nc2ccccc2[nH]1. The number of aromatic nitrogens is 4. The van der Waals surface area contributed by atoms with Crippen LogP contribution in [0.4, 0.5) is 0 Å². The van der Waals surface area contributed by atoms with Crippen LogP contribution in [0.5, 0.6) is 0 Å². The summed E-state index contributed by atoms with van der Waals surface area (Å²) in [6.45, 7) is 0. The van der Waals surface area contributed by atoms with Crippen LogP contribution >= 0.6 is 0 Å². The van der Waals surface area contributed by atoms with Crippen LogP contribution in [0.25, 0.3) is 21.8 Å². The van der Waals surface area contributed by atoms with Crippen molar-refractivity contribution in [3.8, 4) is 0 Å². The van der Waals surface area contributed by atoms with Gasteiger partial charge in [-0.25, -0.2) is 10.1 Å². The number of benzene rings is 3. The van der Waals surface area contributed by atoms with E-state index < -0.39 is 6.04 Å². The van der Waals surface area contributed by atoms with Gasteiger partial charge in [-0.1, -0.05) is 60.7 Å². The third kappa shape index (κ3) is 3.69. The third-order valence-electron chi connectivity index (χ3n) is 5.22. The fraction of sp³-hybridized carbons (Fsp3) is 0.0833. The molecule has 0 radical (unpaired) electrons. The monoisotopic (exact) mass is 409 g/mol. The van der Waals surface area contributed by atoms with Crippen molar-refractivity contribution in [1.82, 2.24) is 25.5 Å². The van der Waals surface area contributed by atoms with Gasteiger partial charge in [0.2, 0.25) is 5.91 Å². The maximum Gasteiger partial charge on any atom is 0.272 e. The van der Waals surface area contributed by atoms with Crippen molar-refractivity contribution < 1.29 is 4.79 Å². The van der Waals surface area contributed by atoms with E-state index in [1.807, 2.05) is 60.7 Å². The minimum absolute atomic E-state index is 0.0286. The fourth-order valence-electron chi connectivity index (χ4n) is 3.73. The van der Waals surface area contributed by atoms with Crippen molar-refractivity contribution in [2.75, 3.05) is 0 Å². The predicted molar refractivity (Wildman–Crippen MR) is 119 cm³/mol. The molecule has 5 rings (SSSR count). The fourth-order valence-corrected chi connectivity index (χ4v) is 3.73. The molecule has 0 aliphatic carbocycles. The predicted octanol–water partition coefficient (Wildman–Crippen LogP) is 3.25. The highest BCUT2D eigenvalue weighted by atomic mass is 16.1. The van der Waals surface area contributed by atoms with Gasteiger partial charge in [0.15, 0.2) is 0 Å². The highest BCUT2D eigenvalue weighted by molar-refractivity contribution is 5.88. The highest BCUT2D eigenvalue weighted by Crippen LogP contribution is 2.23. The Hall–Kier alpha value is -4.26. The molecule has 0 unspecified atom stereocenters. The van der Waals surface area contributed by atoms with Crippen LogP contribution in [0.3, 0.4) is 0 Å². The van der Waals surface area contributed by atoms with Crippen molar-refractivity contribution >= 4 is 27.7 Å². The molecular formula is C24H19N5O2. The summed E-state index contributed by atoms with van der Waals surface area (Å²) in [5, 5.41) is 10.8. The Morgan fingerprint density at radius 1 is 0.903 bits per heavy atom. The van der Waals surface area contributed by atoms with Crippen LogP contribution in [-0.2, 0) is 11.2 Å². The van der Waals surface area contributed by atoms with Crippen molar-refractivity contribution in [2.45, 2.75) is 12.5 Å². The standard InChI is InChI=1S/C24H19N5O2/c30-21(14-20-16-10-4-5-11-17(16)24(31)29-28-20)27-22(15-8-2-1-3-9-15)23-25-18-12-6-7-13-19(18)26-23/h1-13,22H,14H2,(H,25,26)(H,27,30)(H,29,31)/t22-/m0/s1. The van der Waals surface area contributed by atoms with Crippen LogP contribution in [0.1, 0.15) is 23.1 Å². The van der Waals surface area contributed by atoms with Gasteiger partial charge in [0, 0.05) is 5.39 Å². The van der Waals surface area contributed by atoms with Crippen LogP contribution < -0.4 is 10.9 Å². The number of amides is 1. The lowest BCUT2D eigenvalue weighted by Gasteiger charge is -2.17. The molecule has 3 aromatic carbocycles. The molecule has 0 fully saturated rings.